The summed E-state index contributed by atoms with van der Waals surface area (Å²) in [5.74, 6) is -0.216. The second-order valence-corrected chi connectivity index (χ2v) is 9.01. The van der Waals surface area contributed by atoms with E-state index < -0.39 is 10.0 Å². The number of rotatable bonds is 4. The lowest BCUT2D eigenvalue weighted by Gasteiger charge is -2.35. The standard InChI is InChI=1S/C14H23N3O3S2.ClH/c1-10(9-15)14(18)16-4-6-17(7-5-16)22(19,20)13-8-11(2)21-12(13)3;/h8,10H,4-7,9,15H2,1-3H3;1H. The topological polar surface area (TPSA) is 83.7 Å². The number of nitrogens with two attached hydrogens (primary N) is 1. The van der Waals surface area contributed by atoms with Gasteiger partial charge < -0.3 is 10.6 Å². The maximum absolute atomic E-state index is 12.7. The van der Waals surface area contributed by atoms with Crippen molar-refractivity contribution in [2.45, 2.75) is 25.7 Å². The highest BCUT2D eigenvalue weighted by Crippen LogP contribution is 2.28. The van der Waals surface area contributed by atoms with Gasteiger partial charge in [0.2, 0.25) is 15.9 Å². The highest BCUT2D eigenvalue weighted by atomic mass is 35.5. The Morgan fingerprint density at radius 2 is 1.87 bits per heavy atom. The summed E-state index contributed by atoms with van der Waals surface area (Å²) in [5, 5.41) is 0. The molecule has 9 heteroatoms. The minimum atomic E-state index is -3.47. The normalized spacial score (nSPS) is 17.7. The molecule has 1 aromatic rings. The number of hydrogen-bond acceptors (Lipinski definition) is 5. The van der Waals surface area contributed by atoms with Crippen molar-refractivity contribution in [2.75, 3.05) is 32.7 Å². The molecule has 6 nitrogen and oxygen atoms in total. The Morgan fingerprint density at radius 1 is 1.30 bits per heavy atom. The summed E-state index contributed by atoms with van der Waals surface area (Å²) in [6.45, 7) is 7.34. The van der Waals surface area contributed by atoms with Crippen LogP contribution in [0.2, 0.25) is 0 Å². The molecule has 23 heavy (non-hydrogen) atoms. The molecule has 0 aliphatic carbocycles. The molecule has 0 saturated carbocycles. The molecule has 0 radical (unpaired) electrons. The molecule has 0 aromatic carbocycles. The fourth-order valence-electron chi connectivity index (χ4n) is 2.56. The lowest BCUT2D eigenvalue weighted by molar-refractivity contribution is -0.135. The molecule has 2 heterocycles. The summed E-state index contributed by atoms with van der Waals surface area (Å²) in [6, 6.07) is 1.73. The number of amides is 1. The average molecular weight is 382 g/mol. The van der Waals surface area contributed by atoms with Gasteiger partial charge in [0.25, 0.3) is 0 Å². The van der Waals surface area contributed by atoms with E-state index in [0.717, 1.165) is 9.75 Å². The third kappa shape index (κ3) is 4.24. The highest BCUT2D eigenvalue weighted by molar-refractivity contribution is 7.89. The summed E-state index contributed by atoms with van der Waals surface area (Å²) in [4.78, 5) is 16.0. The van der Waals surface area contributed by atoms with E-state index >= 15 is 0 Å². The molecule has 0 bridgehead atoms. The van der Waals surface area contributed by atoms with Crippen LogP contribution >= 0.6 is 23.7 Å². The van der Waals surface area contributed by atoms with Crippen LogP contribution in [0.5, 0.6) is 0 Å². The fourth-order valence-corrected chi connectivity index (χ4v) is 5.51. The SMILES string of the molecule is Cc1cc(S(=O)(=O)N2CCN(C(=O)C(C)CN)CC2)c(C)s1.Cl. The molecule has 1 aliphatic heterocycles. The maximum Gasteiger partial charge on any atom is 0.244 e. The first-order valence-electron chi connectivity index (χ1n) is 7.33. The minimum absolute atomic E-state index is 0. The number of halogens is 1. The molecule has 2 N–H and O–H groups in total. The zero-order valence-electron chi connectivity index (χ0n) is 13.6. The Morgan fingerprint density at radius 3 is 2.30 bits per heavy atom. The van der Waals surface area contributed by atoms with Gasteiger partial charge in [0, 0.05) is 48.4 Å². The summed E-state index contributed by atoms with van der Waals surface area (Å²) in [6.07, 6.45) is 0. The second kappa shape index (κ2) is 7.94. The summed E-state index contributed by atoms with van der Waals surface area (Å²) >= 11 is 1.49. The van der Waals surface area contributed by atoms with Gasteiger partial charge in [0.15, 0.2) is 0 Å². The van der Waals surface area contributed by atoms with Crippen LogP contribution in [0.15, 0.2) is 11.0 Å². The van der Waals surface area contributed by atoms with Gasteiger partial charge in [0.1, 0.15) is 0 Å². The highest BCUT2D eigenvalue weighted by Gasteiger charge is 2.32. The fraction of sp³-hybridized carbons (Fsp3) is 0.643. The van der Waals surface area contributed by atoms with Crippen molar-refractivity contribution in [1.29, 1.82) is 0 Å². The van der Waals surface area contributed by atoms with E-state index in [1.165, 1.54) is 15.6 Å². The molecule has 2 rings (SSSR count). The third-order valence-electron chi connectivity index (χ3n) is 3.94. The first-order chi connectivity index (χ1) is 10.3. The van der Waals surface area contributed by atoms with Crippen molar-refractivity contribution in [2.24, 2.45) is 11.7 Å². The van der Waals surface area contributed by atoms with E-state index in [2.05, 4.69) is 0 Å². The summed E-state index contributed by atoms with van der Waals surface area (Å²) in [5.41, 5.74) is 5.52. The molecule has 1 saturated heterocycles. The van der Waals surface area contributed by atoms with E-state index in [0.29, 0.717) is 37.6 Å². The predicted molar refractivity (Wildman–Crippen MR) is 94.6 cm³/mol. The molecule has 1 atom stereocenters. The van der Waals surface area contributed by atoms with Crippen LogP contribution in [0.25, 0.3) is 0 Å². The zero-order valence-corrected chi connectivity index (χ0v) is 16.1. The lowest BCUT2D eigenvalue weighted by Crippen LogP contribution is -2.52. The van der Waals surface area contributed by atoms with Gasteiger partial charge in [0.05, 0.1) is 4.90 Å². The van der Waals surface area contributed by atoms with Gasteiger partial charge >= 0.3 is 0 Å². The molecular formula is C14H24ClN3O3S2. The van der Waals surface area contributed by atoms with E-state index in [1.807, 2.05) is 13.8 Å². The first kappa shape index (κ1) is 20.4. The van der Waals surface area contributed by atoms with Crippen LogP contribution < -0.4 is 5.73 Å². The number of carbonyl (C=O) groups is 1. The molecule has 1 aliphatic rings. The van der Waals surface area contributed by atoms with Gasteiger partial charge in [-0.3, -0.25) is 4.79 Å². The maximum atomic E-state index is 12.7. The summed E-state index contributed by atoms with van der Waals surface area (Å²) < 4.78 is 26.9. The van der Waals surface area contributed by atoms with Crippen LogP contribution in [0.3, 0.4) is 0 Å². The van der Waals surface area contributed by atoms with Gasteiger partial charge in [-0.2, -0.15) is 4.31 Å². The van der Waals surface area contributed by atoms with E-state index in [-0.39, 0.29) is 24.2 Å². The van der Waals surface area contributed by atoms with Crippen molar-refractivity contribution in [3.8, 4) is 0 Å². The molecule has 1 fully saturated rings. The van der Waals surface area contributed by atoms with Crippen LogP contribution in [0, 0.1) is 19.8 Å². The number of nitrogens with zero attached hydrogens (tertiary/aromatic N) is 2. The number of hydrogen-bond donors (Lipinski definition) is 1. The van der Waals surface area contributed by atoms with Crippen molar-refractivity contribution in [3.05, 3.63) is 15.8 Å². The Hall–Kier alpha value is -0.670. The molecule has 1 amide bonds. The van der Waals surface area contributed by atoms with Crippen molar-refractivity contribution < 1.29 is 13.2 Å². The van der Waals surface area contributed by atoms with Gasteiger partial charge in [-0.15, -0.1) is 23.7 Å². The van der Waals surface area contributed by atoms with Crippen molar-refractivity contribution >= 4 is 39.7 Å². The van der Waals surface area contributed by atoms with Crippen LogP contribution in [-0.4, -0.2) is 56.3 Å². The monoisotopic (exact) mass is 381 g/mol. The van der Waals surface area contributed by atoms with Gasteiger partial charge in [-0.1, -0.05) is 6.92 Å². The Labute approximate surface area is 148 Å². The quantitative estimate of drug-likeness (QED) is 0.849. The number of thiophene rings is 1. The number of carbonyl (C=O) groups excluding carboxylic acids is 1. The number of aryl methyl sites for hydroxylation is 2. The van der Waals surface area contributed by atoms with E-state index in [9.17, 15) is 13.2 Å². The first-order valence-corrected chi connectivity index (χ1v) is 9.59. The minimum Gasteiger partial charge on any atom is -0.340 e. The Kier molecular flexibility index (Phi) is 7.03. The smallest absolute Gasteiger partial charge is 0.244 e. The molecule has 1 aromatic heterocycles. The molecule has 1 unspecified atom stereocenters. The van der Waals surface area contributed by atoms with Crippen LogP contribution in [0.1, 0.15) is 16.7 Å². The van der Waals surface area contributed by atoms with Crippen molar-refractivity contribution in [3.63, 3.8) is 0 Å². The Bertz CT molecular complexity index is 652. The third-order valence-corrected chi connectivity index (χ3v) is 7.06. The zero-order chi connectivity index (χ0) is 16.5. The molecule has 132 valence electrons. The average Bonchev–Trinajstić information content (AvgIpc) is 2.85. The Balaban J connectivity index is 0.00000264. The largest absolute Gasteiger partial charge is 0.340 e. The van der Waals surface area contributed by atoms with Crippen LogP contribution in [0.4, 0.5) is 0 Å². The number of sulfonamides is 1. The van der Waals surface area contributed by atoms with Crippen LogP contribution in [-0.2, 0) is 14.8 Å². The van der Waals surface area contributed by atoms with Crippen molar-refractivity contribution in [1.82, 2.24) is 9.21 Å². The van der Waals surface area contributed by atoms with Gasteiger partial charge in [-0.05, 0) is 19.9 Å². The lowest BCUT2D eigenvalue weighted by atomic mass is 10.1. The summed E-state index contributed by atoms with van der Waals surface area (Å²) in [7, 11) is -3.47. The number of piperazine rings is 1. The predicted octanol–water partition coefficient (Wildman–Crippen LogP) is 1.21. The molecule has 0 spiro atoms. The van der Waals surface area contributed by atoms with E-state index in [1.54, 1.807) is 17.9 Å². The van der Waals surface area contributed by atoms with Gasteiger partial charge in [-0.25, -0.2) is 8.42 Å². The van der Waals surface area contributed by atoms with E-state index in [4.69, 9.17) is 5.73 Å². The molecular weight excluding hydrogens is 358 g/mol. The second-order valence-electron chi connectivity index (χ2n) is 5.64.